The van der Waals surface area contributed by atoms with Gasteiger partial charge in [-0.25, -0.2) is 0 Å². The van der Waals surface area contributed by atoms with Crippen LogP contribution in [0.15, 0.2) is 6.07 Å². The van der Waals surface area contributed by atoms with Crippen LogP contribution in [0.1, 0.15) is 16.8 Å². The van der Waals surface area contributed by atoms with E-state index in [0.717, 1.165) is 17.9 Å². The Morgan fingerprint density at radius 2 is 2.17 bits per heavy atom. The zero-order chi connectivity index (χ0) is 13.4. The van der Waals surface area contributed by atoms with E-state index >= 15 is 0 Å². The van der Waals surface area contributed by atoms with Gasteiger partial charge in [0.05, 0.1) is 5.56 Å². The molecular formula is C10H13Cl2N3O2S. The van der Waals surface area contributed by atoms with Gasteiger partial charge < -0.3 is 10.4 Å². The number of nitrogens with zero attached hydrogens (tertiary/aromatic N) is 2. The van der Waals surface area contributed by atoms with Crippen LogP contribution in [-0.4, -0.2) is 45.9 Å². The first-order chi connectivity index (χ1) is 8.65. The molecule has 1 amide bonds. The van der Waals surface area contributed by atoms with Gasteiger partial charge in [-0.15, -0.1) is 10.2 Å². The maximum atomic E-state index is 11.7. The summed E-state index contributed by atoms with van der Waals surface area (Å²) in [6, 6.07) is 1.38. The molecule has 0 fully saturated rings. The molecule has 0 aliphatic carbocycles. The van der Waals surface area contributed by atoms with E-state index < -0.39 is 0 Å². The summed E-state index contributed by atoms with van der Waals surface area (Å²) in [6.07, 6.45) is 0.758. The number of hydrogen-bond acceptors (Lipinski definition) is 5. The Morgan fingerprint density at radius 3 is 2.89 bits per heavy atom. The number of halogens is 2. The lowest BCUT2D eigenvalue weighted by molar-refractivity contribution is 0.0956. The molecule has 0 saturated carbocycles. The maximum absolute atomic E-state index is 11.7. The highest BCUT2D eigenvalue weighted by atomic mass is 35.5. The first kappa shape index (κ1) is 15.5. The highest BCUT2D eigenvalue weighted by Crippen LogP contribution is 2.15. The summed E-state index contributed by atoms with van der Waals surface area (Å²) in [5.41, 5.74) is 0.219. The molecular weight excluding hydrogens is 297 g/mol. The molecule has 0 aliphatic rings. The van der Waals surface area contributed by atoms with Crippen molar-refractivity contribution in [2.75, 3.05) is 24.7 Å². The topological polar surface area (TPSA) is 75.1 Å². The summed E-state index contributed by atoms with van der Waals surface area (Å²) >= 11 is 13.0. The normalized spacial score (nSPS) is 10.4. The van der Waals surface area contributed by atoms with E-state index in [-0.39, 0.29) is 28.4 Å². The van der Waals surface area contributed by atoms with Crippen LogP contribution < -0.4 is 5.32 Å². The molecule has 1 heterocycles. The number of rotatable bonds is 7. The van der Waals surface area contributed by atoms with Gasteiger partial charge in [-0.3, -0.25) is 4.79 Å². The number of aromatic nitrogens is 2. The fraction of sp³-hybridized carbons (Fsp3) is 0.500. The third-order valence-corrected chi connectivity index (χ3v) is 3.48. The van der Waals surface area contributed by atoms with E-state index in [9.17, 15) is 4.79 Å². The Balaban J connectivity index is 2.34. The van der Waals surface area contributed by atoms with Gasteiger partial charge in [-0.05, 0) is 18.2 Å². The van der Waals surface area contributed by atoms with Crippen molar-refractivity contribution >= 4 is 40.9 Å². The first-order valence-corrected chi connectivity index (χ1v) is 7.21. The third-order valence-electron chi connectivity index (χ3n) is 1.94. The van der Waals surface area contributed by atoms with Gasteiger partial charge in [-0.2, -0.15) is 11.8 Å². The molecule has 0 aliphatic heterocycles. The molecule has 100 valence electrons. The SMILES string of the molecule is O=C(NCCSCCCO)c1cc(Cl)nnc1Cl. The van der Waals surface area contributed by atoms with Crippen LogP contribution in [0.25, 0.3) is 0 Å². The maximum Gasteiger partial charge on any atom is 0.254 e. The van der Waals surface area contributed by atoms with Gasteiger partial charge in [0.1, 0.15) is 0 Å². The van der Waals surface area contributed by atoms with Crippen LogP contribution in [0.4, 0.5) is 0 Å². The van der Waals surface area contributed by atoms with Crippen LogP contribution in [-0.2, 0) is 0 Å². The first-order valence-electron chi connectivity index (χ1n) is 5.30. The largest absolute Gasteiger partial charge is 0.396 e. The molecule has 0 bridgehead atoms. The second-order valence-corrected chi connectivity index (χ2v) is 5.29. The lowest BCUT2D eigenvalue weighted by Crippen LogP contribution is -2.26. The van der Waals surface area contributed by atoms with Crippen molar-refractivity contribution in [3.05, 3.63) is 21.9 Å². The quantitative estimate of drug-likeness (QED) is 0.749. The van der Waals surface area contributed by atoms with Gasteiger partial charge in [0, 0.05) is 18.9 Å². The van der Waals surface area contributed by atoms with E-state index in [1.54, 1.807) is 11.8 Å². The van der Waals surface area contributed by atoms with Gasteiger partial charge in [0.15, 0.2) is 10.3 Å². The van der Waals surface area contributed by atoms with Crippen molar-refractivity contribution in [2.24, 2.45) is 0 Å². The van der Waals surface area contributed by atoms with Crippen molar-refractivity contribution in [3.8, 4) is 0 Å². The fourth-order valence-corrected chi connectivity index (χ4v) is 2.22. The predicted molar refractivity (Wildman–Crippen MR) is 73.4 cm³/mol. The van der Waals surface area contributed by atoms with Crippen molar-refractivity contribution < 1.29 is 9.90 Å². The van der Waals surface area contributed by atoms with Crippen molar-refractivity contribution in [1.29, 1.82) is 0 Å². The molecule has 1 aromatic rings. The van der Waals surface area contributed by atoms with Gasteiger partial charge in [0.25, 0.3) is 5.91 Å². The van der Waals surface area contributed by atoms with Gasteiger partial charge >= 0.3 is 0 Å². The van der Waals surface area contributed by atoms with E-state index in [0.29, 0.717) is 6.54 Å². The van der Waals surface area contributed by atoms with Crippen LogP contribution in [0.5, 0.6) is 0 Å². The molecule has 1 rings (SSSR count). The van der Waals surface area contributed by atoms with E-state index in [4.69, 9.17) is 28.3 Å². The number of nitrogens with one attached hydrogen (secondary N) is 1. The number of aliphatic hydroxyl groups excluding tert-OH is 1. The molecule has 0 radical (unpaired) electrons. The van der Waals surface area contributed by atoms with Gasteiger partial charge in [-0.1, -0.05) is 23.2 Å². The lowest BCUT2D eigenvalue weighted by Gasteiger charge is -2.05. The van der Waals surface area contributed by atoms with E-state index in [1.165, 1.54) is 6.07 Å². The number of carbonyl (C=O) groups excluding carboxylic acids is 1. The molecule has 0 atom stereocenters. The van der Waals surface area contributed by atoms with Crippen LogP contribution in [0, 0.1) is 0 Å². The highest BCUT2D eigenvalue weighted by Gasteiger charge is 2.12. The monoisotopic (exact) mass is 309 g/mol. The van der Waals surface area contributed by atoms with Crippen LogP contribution >= 0.6 is 35.0 Å². The summed E-state index contributed by atoms with van der Waals surface area (Å²) < 4.78 is 0. The third kappa shape index (κ3) is 5.39. The Labute approximate surface area is 119 Å². The van der Waals surface area contributed by atoms with Crippen molar-refractivity contribution in [3.63, 3.8) is 0 Å². The van der Waals surface area contributed by atoms with Gasteiger partial charge in [0.2, 0.25) is 0 Å². The number of hydrogen-bond donors (Lipinski definition) is 2. The van der Waals surface area contributed by atoms with E-state index in [2.05, 4.69) is 15.5 Å². The molecule has 0 aromatic carbocycles. The molecule has 5 nitrogen and oxygen atoms in total. The Hall–Kier alpha value is -0.560. The molecule has 2 N–H and O–H groups in total. The zero-order valence-electron chi connectivity index (χ0n) is 9.53. The number of carbonyl (C=O) groups is 1. The standard InChI is InChI=1S/C10H13Cl2N3O2S/c11-8-6-7(9(12)15-14-8)10(17)13-2-5-18-4-1-3-16/h6,16H,1-5H2,(H,13,17). The number of aliphatic hydroxyl groups is 1. The lowest BCUT2D eigenvalue weighted by atomic mass is 10.3. The van der Waals surface area contributed by atoms with Crippen LogP contribution in [0.3, 0.4) is 0 Å². The summed E-state index contributed by atoms with van der Waals surface area (Å²) in [6.45, 7) is 0.710. The smallest absolute Gasteiger partial charge is 0.254 e. The molecule has 0 spiro atoms. The van der Waals surface area contributed by atoms with Crippen molar-refractivity contribution in [1.82, 2.24) is 15.5 Å². The molecule has 8 heteroatoms. The second-order valence-electron chi connectivity index (χ2n) is 3.32. The zero-order valence-corrected chi connectivity index (χ0v) is 11.9. The summed E-state index contributed by atoms with van der Waals surface area (Å²) in [4.78, 5) is 11.7. The van der Waals surface area contributed by atoms with E-state index in [1.807, 2.05) is 0 Å². The second kappa shape index (κ2) is 8.53. The summed E-state index contributed by atoms with van der Waals surface area (Å²) in [7, 11) is 0. The highest BCUT2D eigenvalue weighted by molar-refractivity contribution is 7.99. The average molecular weight is 310 g/mol. The minimum Gasteiger partial charge on any atom is -0.396 e. The summed E-state index contributed by atoms with van der Waals surface area (Å²) in [5, 5.41) is 18.5. The molecule has 1 aromatic heterocycles. The van der Waals surface area contributed by atoms with Crippen molar-refractivity contribution in [2.45, 2.75) is 6.42 Å². The predicted octanol–water partition coefficient (Wildman–Crippen LogP) is 1.63. The molecule has 18 heavy (non-hydrogen) atoms. The fourth-order valence-electron chi connectivity index (χ4n) is 1.11. The Morgan fingerprint density at radius 1 is 1.39 bits per heavy atom. The molecule has 0 saturated heterocycles. The minimum absolute atomic E-state index is 0.0323. The number of thioether (sulfide) groups is 1. The Bertz CT molecular complexity index is 407. The minimum atomic E-state index is -0.320. The molecule has 0 unspecified atom stereocenters. The van der Waals surface area contributed by atoms with Crippen LogP contribution in [0.2, 0.25) is 10.3 Å². The Kier molecular flexibility index (Phi) is 7.34. The average Bonchev–Trinajstić information content (AvgIpc) is 2.36. The summed E-state index contributed by atoms with van der Waals surface area (Å²) in [5.74, 6) is 1.32. The number of amides is 1.